The summed E-state index contributed by atoms with van der Waals surface area (Å²) in [5.74, 6) is 2.61. The van der Waals surface area contributed by atoms with Crippen LogP contribution in [0.15, 0.2) is 22.7 Å². The Kier molecular flexibility index (Phi) is 8.18. The van der Waals surface area contributed by atoms with Gasteiger partial charge in [0.2, 0.25) is 0 Å². The molecule has 204 valence electrons. The van der Waals surface area contributed by atoms with Gasteiger partial charge in [0, 0.05) is 47.9 Å². The van der Waals surface area contributed by atoms with Gasteiger partial charge in [-0.2, -0.15) is 0 Å². The first-order valence-corrected chi connectivity index (χ1v) is 13.8. The predicted octanol–water partition coefficient (Wildman–Crippen LogP) is 4.38. The highest BCUT2D eigenvalue weighted by Crippen LogP contribution is 2.36. The highest BCUT2D eigenvalue weighted by molar-refractivity contribution is 6.31. The van der Waals surface area contributed by atoms with Crippen LogP contribution in [0.1, 0.15) is 42.7 Å². The number of aromatic nitrogens is 3. The topological polar surface area (TPSA) is 109 Å². The normalized spacial score (nSPS) is 17.5. The average molecular weight is 541 g/mol. The number of ether oxygens (including phenoxy) is 1. The molecular formula is C28H37ClN6O3. The number of anilines is 1. The highest BCUT2D eigenvalue weighted by atomic mass is 35.5. The van der Waals surface area contributed by atoms with Gasteiger partial charge in [0.05, 0.1) is 17.0 Å². The lowest BCUT2D eigenvalue weighted by atomic mass is 10.0. The van der Waals surface area contributed by atoms with E-state index in [1.165, 1.54) is 12.8 Å². The zero-order valence-electron chi connectivity index (χ0n) is 22.6. The molecule has 2 fully saturated rings. The van der Waals surface area contributed by atoms with E-state index in [9.17, 15) is 5.11 Å². The fourth-order valence-corrected chi connectivity index (χ4v) is 5.38. The molecule has 1 unspecified atom stereocenters. The van der Waals surface area contributed by atoms with E-state index in [0.29, 0.717) is 34.9 Å². The smallest absolute Gasteiger partial charge is 0.162 e. The van der Waals surface area contributed by atoms with Crippen LogP contribution in [0.5, 0.6) is 5.75 Å². The number of halogens is 1. The molecule has 9 nitrogen and oxygen atoms in total. The van der Waals surface area contributed by atoms with Crippen molar-refractivity contribution in [2.75, 3.05) is 38.6 Å². The number of aryl methyl sites for hydroxylation is 2. The first kappa shape index (κ1) is 26.9. The molecule has 3 heterocycles. The Balaban J connectivity index is 1.48. The fourth-order valence-electron chi connectivity index (χ4n) is 5.15. The largest absolute Gasteiger partial charge is 0.491 e. The predicted molar refractivity (Wildman–Crippen MR) is 149 cm³/mol. The lowest BCUT2D eigenvalue weighted by molar-refractivity contribution is 0.108. The molecule has 2 aliphatic rings. The van der Waals surface area contributed by atoms with Crippen molar-refractivity contribution in [3.8, 4) is 28.4 Å². The van der Waals surface area contributed by atoms with Crippen molar-refractivity contribution in [3.05, 3.63) is 40.2 Å². The molecule has 1 aliphatic carbocycles. The second-order valence-corrected chi connectivity index (χ2v) is 10.9. The molecule has 1 saturated carbocycles. The second kappa shape index (κ2) is 11.6. The quantitative estimate of drug-likeness (QED) is 0.345. The Morgan fingerprint density at radius 3 is 2.55 bits per heavy atom. The third-order valence-electron chi connectivity index (χ3n) is 7.36. The zero-order chi connectivity index (χ0) is 26.8. The maximum atomic E-state index is 10.1. The minimum Gasteiger partial charge on any atom is -0.491 e. The van der Waals surface area contributed by atoms with Crippen LogP contribution in [0.25, 0.3) is 22.6 Å². The van der Waals surface area contributed by atoms with E-state index in [2.05, 4.69) is 20.7 Å². The number of aliphatic hydroxyl groups is 1. The van der Waals surface area contributed by atoms with E-state index in [-0.39, 0.29) is 6.61 Å². The van der Waals surface area contributed by atoms with Gasteiger partial charge < -0.3 is 29.9 Å². The summed E-state index contributed by atoms with van der Waals surface area (Å²) in [6, 6.07) is 6.56. The van der Waals surface area contributed by atoms with Gasteiger partial charge in [0.15, 0.2) is 5.82 Å². The van der Waals surface area contributed by atoms with Gasteiger partial charge in [-0.1, -0.05) is 16.8 Å². The van der Waals surface area contributed by atoms with E-state index in [1.54, 1.807) is 13.1 Å². The van der Waals surface area contributed by atoms with Crippen LogP contribution in [-0.4, -0.2) is 76.6 Å². The summed E-state index contributed by atoms with van der Waals surface area (Å²) in [6.07, 6.45) is 4.21. The molecule has 1 atom stereocenters. The summed E-state index contributed by atoms with van der Waals surface area (Å²) >= 11 is 6.48. The standard InChI is InChI=1S/C28H37ClN6O3/c1-16-26(25-17(2)34-38-18(25)3)32-28(19-11-20(29)13-24(12-19)37-15-23(36)14-30-4)33-27(16)31-21-7-9-35(10-8-21)22-5-6-22/h11-13,21-23,30,36H,5-10,14-15H2,1-4H3,(H,31,32,33). The molecule has 0 amide bonds. The van der Waals surface area contributed by atoms with Crippen molar-refractivity contribution in [2.45, 2.75) is 64.6 Å². The van der Waals surface area contributed by atoms with Crippen LogP contribution in [0, 0.1) is 20.8 Å². The van der Waals surface area contributed by atoms with Crippen molar-refractivity contribution >= 4 is 17.4 Å². The summed E-state index contributed by atoms with van der Waals surface area (Å²) in [4.78, 5) is 12.6. The van der Waals surface area contributed by atoms with Gasteiger partial charge >= 0.3 is 0 Å². The molecule has 10 heteroatoms. The summed E-state index contributed by atoms with van der Waals surface area (Å²) in [7, 11) is 1.79. The first-order valence-electron chi connectivity index (χ1n) is 13.4. The summed E-state index contributed by atoms with van der Waals surface area (Å²) in [5, 5.41) is 21.4. The molecule has 0 spiro atoms. The Morgan fingerprint density at radius 2 is 1.89 bits per heavy atom. The third kappa shape index (κ3) is 6.12. The minimum atomic E-state index is -0.633. The number of piperidine rings is 1. The molecule has 3 N–H and O–H groups in total. The fraction of sp³-hybridized carbons (Fsp3) is 0.536. The van der Waals surface area contributed by atoms with Crippen LogP contribution in [-0.2, 0) is 0 Å². The molecule has 1 saturated heterocycles. The number of rotatable bonds is 10. The maximum absolute atomic E-state index is 10.1. The van der Waals surface area contributed by atoms with Gasteiger partial charge in [-0.15, -0.1) is 0 Å². The average Bonchev–Trinajstić information content (AvgIpc) is 3.69. The number of aliphatic hydroxyl groups excluding tert-OH is 1. The molecule has 5 rings (SSSR count). The Bertz CT molecular complexity index is 1250. The van der Waals surface area contributed by atoms with Crippen LogP contribution in [0.3, 0.4) is 0 Å². The lowest BCUT2D eigenvalue weighted by Gasteiger charge is -2.33. The van der Waals surface area contributed by atoms with Gasteiger partial charge in [-0.3, -0.25) is 0 Å². The van der Waals surface area contributed by atoms with Crippen LogP contribution in [0.4, 0.5) is 5.82 Å². The summed E-state index contributed by atoms with van der Waals surface area (Å²) < 4.78 is 11.3. The monoisotopic (exact) mass is 540 g/mol. The van der Waals surface area contributed by atoms with Gasteiger partial charge in [0.25, 0.3) is 0 Å². The third-order valence-corrected chi connectivity index (χ3v) is 7.58. The SMILES string of the molecule is CNCC(O)COc1cc(Cl)cc(-c2nc(NC3CCN(C4CC4)CC3)c(C)c(-c3c(C)noc3C)n2)c1. The first-order chi connectivity index (χ1) is 18.3. The molecule has 0 radical (unpaired) electrons. The van der Waals surface area contributed by atoms with Crippen LogP contribution >= 0.6 is 11.6 Å². The summed E-state index contributed by atoms with van der Waals surface area (Å²) in [5.41, 5.74) is 4.15. The van der Waals surface area contributed by atoms with Gasteiger partial charge in [-0.05, 0) is 71.7 Å². The van der Waals surface area contributed by atoms with Crippen molar-refractivity contribution in [2.24, 2.45) is 0 Å². The summed E-state index contributed by atoms with van der Waals surface area (Å²) in [6.45, 7) is 8.68. The number of benzene rings is 1. The molecule has 1 aromatic carbocycles. The number of nitrogens with one attached hydrogen (secondary N) is 2. The van der Waals surface area contributed by atoms with E-state index in [4.69, 9.17) is 30.8 Å². The number of likely N-dealkylation sites (tertiary alicyclic amines) is 1. The van der Waals surface area contributed by atoms with Gasteiger partial charge in [-0.25, -0.2) is 9.97 Å². The van der Waals surface area contributed by atoms with Crippen molar-refractivity contribution in [1.29, 1.82) is 0 Å². The van der Waals surface area contributed by atoms with E-state index >= 15 is 0 Å². The number of likely N-dealkylation sites (N-methyl/N-ethyl adjacent to an activating group) is 1. The van der Waals surface area contributed by atoms with E-state index < -0.39 is 6.10 Å². The minimum absolute atomic E-state index is 0.145. The Morgan fingerprint density at radius 1 is 1.13 bits per heavy atom. The van der Waals surface area contributed by atoms with Crippen molar-refractivity contribution < 1.29 is 14.4 Å². The van der Waals surface area contributed by atoms with Gasteiger partial charge in [0.1, 0.15) is 30.0 Å². The maximum Gasteiger partial charge on any atom is 0.162 e. The van der Waals surface area contributed by atoms with Crippen molar-refractivity contribution in [1.82, 2.24) is 25.3 Å². The molecule has 0 bridgehead atoms. The van der Waals surface area contributed by atoms with Crippen molar-refractivity contribution in [3.63, 3.8) is 0 Å². The molecule has 2 aromatic heterocycles. The van der Waals surface area contributed by atoms with E-state index in [0.717, 1.165) is 65.9 Å². The number of hydrogen-bond donors (Lipinski definition) is 3. The Labute approximate surface area is 228 Å². The molecule has 1 aliphatic heterocycles. The van der Waals surface area contributed by atoms with Crippen LogP contribution < -0.4 is 15.4 Å². The molecule has 38 heavy (non-hydrogen) atoms. The molecule has 3 aromatic rings. The number of hydrogen-bond acceptors (Lipinski definition) is 9. The highest BCUT2D eigenvalue weighted by Gasteiger charge is 2.32. The Hall–Kier alpha value is -2.72. The lowest BCUT2D eigenvalue weighted by Crippen LogP contribution is -2.40. The number of nitrogens with zero attached hydrogens (tertiary/aromatic N) is 4. The molecular weight excluding hydrogens is 504 g/mol. The van der Waals surface area contributed by atoms with E-state index in [1.807, 2.05) is 32.9 Å². The van der Waals surface area contributed by atoms with Crippen LogP contribution in [0.2, 0.25) is 5.02 Å². The second-order valence-electron chi connectivity index (χ2n) is 10.5. The zero-order valence-corrected chi connectivity index (χ0v) is 23.3.